The maximum absolute atomic E-state index is 13.1. The first-order chi connectivity index (χ1) is 6.63. The highest BCUT2D eigenvalue weighted by Crippen LogP contribution is 2.24. The fourth-order valence-corrected chi connectivity index (χ4v) is 1.67. The average molecular weight is 254 g/mol. The third kappa shape index (κ3) is 1.19. The van der Waals surface area contributed by atoms with Crippen LogP contribution in [0.4, 0.5) is 4.39 Å². The van der Waals surface area contributed by atoms with Crippen LogP contribution in [0.2, 0.25) is 0 Å². The molecule has 14 heavy (non-hydrogen) atoms. The molecule has 3 nitrogen and oxygen atoms in total. The van der Waals surface area contributed by atoms with Crippen LogP contribution in [-0.2, 0) is 7.05 Å². The second-order valence-electron chi connectivity index (χ2n) is 2.87. The van der Waals surface area contributed by atoms with Gasteiger partial charge in [-0.15, -0.1) is 0 Å². The summed E-state index contributed by atoms with van der Waals surface area (Å²) in [5.41, 5.74) is 0.922. The average Bonchev–Trinajstić information content (AvgIpc) is 2.42. The van der Waals surface area contributed by atoms with Crippen molar-refractivity contribution in [2.24, 2.45) is 7.05 Å². The number of halogens is 2. The number of fused-ring (bicyclic) bond motifs is 1. The second-order valence-corrected chi connectivity index (χ2v) is 3.72. The molecule has 0 aliphatic rings. The Hall–Kier alpha value is -1.41. The zero-order valence-electron chi connectivity index (χ0n) is 7.25. The molecule has 0 saturated heterocycles. The summed E-state index contributed by atoms with van der Waals surface area (Å²) < 4.78 is 14.9. The number of hydrogen-bond donors (Lipinski definition) is 0. The molecule has 0 N–H and O–H groups in total. The van der Waals surface area contributed by atoms with Crippen LogP contribution in [0.5, 0.6) is 0 Å². The molecule has 0 fully saturated rings. The van der Waals surface area contributed by atoms with Gasteiger partial charge in [-0.05, 0) is 22.0 Å². The van der Waals surface area contributed by atoms with Crippen molar-refractivity contribution in [3.8, 4) is 6.07 Å². The molecule has 1 aromatic carbocycles. The molecule has 0 amide bonds. The molecule has 1 aromatic heterocycles. The lowest BCUT2D eigenvalue weighted by atomic mass is 10.2. The molecule has 5 heteroatoms. The summed E-state index contributed by atoms with van der Waals surface area (Å²) in [5, 5.41) is 13.5. The Kier molecular flexibility index (Phi) is 2.01. The van der Waals surface area contributed by atoms with Gasteiger partial charge in [0.05, 0.1) is 9.99 Å². The fraction of sp³-hybridized carbons (Fsp3) is 0.111. The van der Waals surface area contributed by atoms with Crippen molar-refractivity contribution in [2.45, 2.75) is 0 Å². The van der Waals surface area contributed by atoms with Gasteiger partial charge in [-0.2, -0.15) is 10.4 Å². The zero-order chi connectivity index (χ0) is 10.3. The molecular weight excluding hydrogens is 249 g/mol. The van der Waals surface area contributed by atoms with Crippen molar-refractivity contribution < 1.29 is 4.39 Å². The number of aromatic nitrogens is 2. The first-order valence-corrected chi connectivity index (χ1v) is 4.64. The first-order valence-electron chi connectivity index (χ1n) is 3.85. The molecule has 0 aliphatic heterocycles. The summed E-state index contributed by atoms with van der Waals surface area (Å²) in [6.07, 6.45) is 0. The van der Waals surface area contributed by atoms with E-state index in [0.717, 1.165) is 0 Å². The number of hydrogen-bond acceptors (Lipinski definition) is 2. The van der Waals surface area contributed by atoms with E-state index in [1.54, 1.807) is 13.1 Å². The molecule has 0 unspecified atom stereocenters. The predicted octanol–water partition coefficient (Wildman–Crippen LogP) is 2.35. The monoisotopic (exact) mass is 253 g/mol. The van der Waals surface area contributed by atoms with E-state index in [0.29, 0.717) is 21.1 Å². The van der Waals surface area contributed by atoms with Gasteiger partial charge in [0.15, 0.2) is 0 Å². The Balaban J connectivity index is 2.91. The van der Waals surface area contributed by atoms with Gasteiger partial charge in [0.1, 0.15) is 17.6 Å². The normalized spacial score (nSPS) is 10.4. The molecule has 0 spiro atoms. The third-order valence-corrected chi connectivity index (χ3v) is 2.59. The lowest BCUT2D eigenvalue weighted by Crippen LogP contribution is -1.92. The number of rotatable bonds is 0. The SMILES string of the molecule is Cn1nc2cc(F)c(Br)cc2c1C#N. The summed E-state index contributed by atoms with van der Waals surface area (Å²) in [7, 11) is 1.66. The Labute approximate surface area is 87.9 Å². The van der Waals surface area contributed by atoms with Crippen molar-refractivity contribution in [1.82, 2.24) is 9.78 Å². The molecule has 0 bridgehead atoms. The van der Waals surface area contributed by atoms with E-state index < -0.39 is 0 Å². The van der Waals surface area contributed by atoms with Crippen molar-refractivity contribution >= 4 is 26.8 Å². The molecule has 0 atom stereocenters. The van der Waals surface area contributed by atoms with Gasteiger partial charge < -0.3 is 0 Å². The Morgan fingerprint density at radius 3 is 2.93 bits per heavy atom. The van der Waals surface area contributed by atoms with E-state index in [4.69, 9.17) is 5.26 Å². The molecule has 70 valence electrons. The minimum Gasteiger partial charge on any atom is -0.257 e. The number of benzene rings is 1. The second kappa shape index (κ2) is 3.07. The molecular formula is C9H5BrFN3. The molecule has 0 aliphatic carbocycles. The Morgan fingerprint density at radius 2 is 2.29 bits per heavy atom. The zero-order valence-corrected chi connectivity index (χ0v) is 8.84. The van der Waals surface area contributed by atoms with E-state index in [2.05, 4.69) is 21.0 Å². The summed E-state index contributed by atoms with van der Waals surface area (Å²) in [6.45, 7) is 0. The summed E-state index contributed by atoms with van der Waals surface area (Å²) in [5.74, 6) is -0.375. The Morgan fingerprint density at radius 1 is 1.57 bits per heavy atom. The molecule has 1 heterocycles. The van der Waals surface area contributed by atoms with Gasteiger partial charge >= 0.3 is 0 Å². The van der Waals surface area contributed by atoms with E-state index in [1.165, 1.54) is 10.7 Å². The number of nitrogens with zero attached hydrogens (tertiary/aromatic N) is 3. The minimum atomic E-state index is -0.375. The fourth-order valence-electron chi connectivity index (χ4n) is 1.33. The largest absolute Gasteiger partial charge is 0.257 e. The van der Waals surface area contributed by atoms with E-state index in [-0.39, 0.29) is 5.82 Å². The molecule has 0 saturated carbocycles. The minimum absolute atomic E-state index is 0.342. The topological polar surface area (TPSA) is 41.6 Å². The highest BCUT2D eigenvalue weighted by atomic mass is 79.9. The quantitative estimate of drug-likeness (QED) is 0.724. The van der Waals surface area contributed by atoms with Crippen molar-refractivity contribution in [3.05, 3.63) is 28.1 Å². The predicted molar refractivity (Wildman–Crippen MR) is 53.1 cm³/mol. The lowest BCUT2D eigenvalue weighted by molar-refractivity contribution is 0.622. The summed E-state index contributed by atoms with van der Waals surface area (Å²) >= 11 is 3.07. The highest BCUT2D eigenvalue weighted by Gasteiger charge is 2.11. The van der Waals surface area contributed by atoms with Crippen LogP contribution in [0.15, 0.2) is 16.6 Å². The van der Waals surface area contributed by atoms with Gasteiger partial charge in [0.25, 0.3) is 0 Å². The van der Waals surface area contributed by atoms with Crippen molar-refractivity contribution in [3.63, 3.8) is 0 Å². The van der Waals surface area contributed by atoms with Crippen LogP contribution < -0.4 is 0 Å². The Bertz CT molecular complexity index is 553. The van der Waals surface area contributed by atoms with E-state index in [1.807, 2.05) is 6.07 Å². The van der Waals surface area contributed by atoms with Gasteiger partial charge in [0.2, 0.25) is 0 Å². The van der Waals surface area contributed by atoms with Crippen LogP contribution >= 0.6 is 15.9 Å². The molecule has 2 rings (SSSR count). The highest BCUT2D eigenvalue weighted by molar-refractivity contribution is 9.10. The number of nitriles is 1. The molecule has 0 radical (unpaired) electrons. The van der Waals surface area contributed by atoms with Crippen molar-refractivity contribution in [2.75, 3.05) is 0 Å². The molecule has 2 aromatic rings. The maximum atomic E-state index is 13.1. The van der Waals surface area contributed by atoms with Gasteiger partial charge in [0, 0.05) is 18.5 Å². The first kappa shape index (κ1) is 9.16. The smallest absolute Gasteiger partial charge is 0.146 e. The maximum Gasteiger partial charge on any atom is 0.146 e. The van der Waals surface area contributed by atoms with Crippen LogP contribution in [0, 0.1) is 17.1 Å². The van der Waals surface area contributed by atoms with Gasteiger partial charge in [-0.25, -0.2) is 4.39 Å². The van der Waals surface area contributed by atoms with Gasteiger partial charge in [-0.3, -0.25) is 4.68 Å². The van der Waals surface area contributed by atoms with E-state index in [9.17, 15) is 4.39 Å². The van der Waals surface area contributed by atoms with E-state index >= 15 is 0 Å². The third-order valence-electron chi connectivity index (χ3n) is 1.98. The van der Waals surface area contributed by atoms with Gasteiger partial charge in [-0.1, -0.05) is 0 Å². The summed E-state index contributed by atoms with van der Waals surface area (Å²) in [6, 6.07) is 4.89. The number of aryl methyl sites for hydroxylation is 1. The summed E-state index contributed by atoms with van der Waals surface area (Å²) in [4.78, 5) is 0. The lowest BCUT2D eigenvalue weighted by Gasteiger charge is -1.93. The standard InChI is InChI=1S/C9H5BrFN3/c1-14-9(4-12)5-2-6(10)7(11)3-8(5)13-14/h2-3H,1H3. The van der Waals surface area contributed by atoms with Crippen LogP contribution in [0.3, 0.4) is 0 Å². The van der Waals surface area contributed by atoms with Crippen LogP contribution in [0.1, 0.15) is 5.69 Å². The van der Waals surface area contributed by atoms with Crippen LogP contribution in [0.25, 0.3) is 10.9 Å². The van der Waals surface area contributed by atoms with Crippen LogP contribution in [-0.4, -0.2) is 9.78 Å². The van der Waals surface area contributed by atoms with Crippen molar-refractivity contribution in [1.29, 1.82) is 5.26 Å².